The van der Waals surface area contributed by atoms with Crippen LogP contribution in [0, 0.1) is 12.7 Å². The monoisotopic (exact) mass is 438 g/mol. The largest absolute Gasteiger partial charge is 0.331 e. The molecule has 6 rings (SSSR count). The molecule has 1 amide bonds. The van der Waals surface area contributed by atoms with Crippen LogP contribution >= 0.6 is 0 Å². The van der Waals surface area contributed by atoms with Gasteiger partial charge in [-0.25, -0.2) is 4.39 Å². The van der Waals surface area contributed by atoms with E-state index in [-0.39, 0.29) is 11.7 Å². The van der Waals surface area contributed by atoms with E-state index < -0.39 is 0 Å². The summed E-state index contributed by atoms with van der Waals surface area (Å²) in [6, 6.07) is 17.2. The number of nitrogens with zero attached hydrogens (tertiary/aromatic N) is 4. The Bertz CT molecular complexity index is 1390. The molecule has 0 spiro atoms. The molecule has 1 aliphatic heterocycles. The Labute approximate surface area is 191 Å². The van der Waals surface area contributed by atoms with Gasteiger partial charge in [0.1, 0.15) is 5.82 Å². The van der Waals surface area contributed by atoms with Gasteiger partial charge in [-0.05, 0) is 43.5 Å². The Hall–Kier alpha value is -3.80. The maximum absolute atomic E-state index is 14.1. The van der Waals surface area contributed by atoms with Gasteiger partial charge in [0.2, 0.25) is 0 Å². The fourth-order valence-electron chi connectivity index (χ4n) is 4.55. The van der Waals surface area contributed by atoms with E-state index in [1.54, 1.807) is 23.0 Å². The topological polar surface area (TPSA) is 51.0 Å². The van der Waals surface area contributed by atoms with Gasteiger partial charge in [-0.3, -0.25) is 14.5 Å². The molecule has 5 nitrogen and oxygen atoms in total. The highest BCUT2D eigenvalue weighted by atomic mass is 19.1. The zero-order valence-electron chi connectivity index (χ0n) is 18.3. The lowest BCUT2D eigenvalue weighted by atomic mass is 9.98. The van der Waals surface area contributed by atoms with E-state index in [9.17, 15) is 9.18 Å². The summed E-state index contributed by atoms with van der Waals surface area (Å²) in [4.78, 5) is 19.8. The summed E-state index contributed by atoms with van der Waals surface area (Å²) < 4.78 is 15.8. The number of hydrogen-bond acceptors (Lipinski definition) is 3. The summed E-state index contributed by atoms with van der Waals surface area (Å²) in [5, 5.41) is 4.45. The van der Waals surface area contributed by atoms with Crippen LogP contribution < -0.4 is 0 Å². The predicted octanol–water partition coefficient (Wildman–Crippen LogP) is 5.23. The Morgan fingerprint density at radius 1 is 1.03 bits per heavy atom. The molecule has 6 heteroatoms. The number of benzene rings is 2. The molecule has 1 fully saturated rings. The average molecular weight is 439 g/mol. The SMILES string of the molecule is Cc1ccc(-c2cnn(Cc3ccccc3F)c2)c(-c2ccc3c(c2)C(=O)N(C2CC2)C3)n1. The molecule has 2 aromatic carbocycles. The molecule has 164 valence electrons. The third-order valence-corrected chi connectivity index (χ3v) is 6.47. The van der Waals surface area contributed by atoms with Gasteiger partial charge in [0.15, 0.2) is 0 Å². The summed E-state index contributed by atoms with van der Waals surface area (Å²) >= 11 is 0. The number of halogens is 1. The van der Waals surface area contributed by atoms with Crippen molar-refractivity contribution in [3.8, 4) is 22.4 Å². The van der Waals surface area contributed by atoms with Gasteiger partial charge in [-0.1, -0.05) is 36.4 Å². The van der Waals surface area contributed by atoms with Crippen molar-refractivity contribution in [2.75, 3.05) is 0 Å². The first kappa shape index (κ1) is 19.9. The van der Waals surface area contributed by atoms with Crippen molar-refractivity contribution < 1.29 is 9.18 Å². The molecular weight excluding hydrogens is 415 g/mol. The molecule has 1 aliphatic carbocycles. The van der Waals surface area contributed by atoms with Crippen molar-refractivity contribution in [3.05, 3.63) is 95.2 Å². The highest BCUT2D eigenvalue weighted by Crippen LogP contribution is 2.37. The van der Waals surface area contributed by atoms with Gasteiger partial charge in [-0.15, -0.1) is 0 Å². The zero-order valence-corrected chi connectivity index (χ0v) is 18.3. The first-order valence-electron chi connectivity index (χ1n) is 11.2. The van der Waals surface area contributed by atoms with Crippen LogP contribution in [0.15, 0.2) is 67.0 Å². The molecule has 0 radical (unpaired) electrons. The van der Waals surface area contributed by atoms with E-state index in [1.807, 2.05) is 42.3 Å². The van der Waals surface area contributed by atoms with E-state index in [4.69, 9.17) is 4.98 Å². The maximum Gasteiger partial charge on any atom is 0.254 e. The molecule has 2 aliphatic rings. The minimum Gasteiger partial charge on any atom is -0.331 e. The number of rotatable bonds is 5. The second-order valence-corrected chi connectivity index (χ2v) is 8.90. The number of fused-ring (bicyclic) bond motifs is 1. The minimum absolute atomic E-state index is 0.126. The Kier molecular flexibility index (Phi) is 4.61. The fourth-order valence-corrected chi connectivity index (χ4v) is 4.55. The van der Waals surface area contributed by atoms with Gasteiger partial charge < -0.3 is 4.90 Å². The van der Waals surface area contributed by atoms with Crippen LogP contribution in [0.4, 0.5) is 4.39 Å². The number of amides is 1. The van der Waals surface area contributed by atoms with Crippen LogP contribution in [0.1, 0.15) is 40.0 Å². The standard InChI is InChI=1S/C27H23FN4O/c1-17-6-11-23(21-13-29-31(15-21)14-20-4-2-3-5-25(20)28)26(30-17)18-7-8-19-16-32(22-9-10-22)27(33)24(19)12-18/h2-8,11-13,15,22H,9-10,14,16H2,1H3. The summed E-state index contributed by atoms with van der Waals surface area (Å²) in [5.74, 6) is -0.114. The Balaban J connectivity index is 1.36. The Morgan fingerprint density at radius 2 is 1.88 bits per heavy atom. The molecule has 33 heavy (non-hydrogen) atoms. The first-order valence-corrected chi connectivity index (χ1v) is 11.2. The molecule has 0 unspecified atom stereocenters. The molecule has 0 N–H and O–H groups in total. The first-order chi connectivity index (χ1) is 16.1. The quantitative estimate of drug-likeness (QED) is 0.429. The second kappa shape index (κ2) is 7.66. The second-order valence-electron chi connectivity index (χ2n) is 8.90. The van der Waals surface area contributed by atoms with E-state index in [2.05, 4.69) is 17.2 Å². The highest BCUT2D eigenvalue weighted by Gasteiger charge is 2.38. The molecule has 1 saturated carbocycles. The van der Waals surface area contributed by atoms with Gasteiger partial charge in [0.05, 0.1) is 18.4 Å². The summed E-state index contributed by atoms with van der Waals surface area (Å²) in [5.41, 5.74) is 6.93. The van der Waals surface area contributed by atoms with Crippen LogP contribution in [0.5, 0.6) is 0 Å². The number of aryl methyl sites for hydroxylation is 1. The highest BCUT2D eigenvalue weighted by molar-refractivity contribution is 6.00. The van der Waals surface area contributed by atoms with Crippen LogP contribution in [0.25, 0.3) is 22.4 Å². The predicted molar refractivity (Wildman–Crippen MR) is 124 cm³/mol. The van der Waals surface area contributed by atoms with Crippen molar-refractivity contribution in [3.63, 3.8) is 0 Å². The molecule has 2 aromatic heterocycles. The van der Waals surface area contributed by atoms with Crippen molar-refractivity contribution in [2.45, 2.75) is 38.9 Å². The minimum atomic E-state index is -0.240. The van der Waals surface area contributed by atoms with E-state index in [0.717, 1.165) is 52.0 Å². The van der Waals surface area contributed by atoms with Crippen molar-refractivity contribution in [1.29, 1.82) is 0 Å². The number of carbonyl (C=O) groups is 1. The third kappa shape index (κ3) is 3.61. The zero-order chi connectivity index (χ0) is 22.5. The molecule has 0 bridgehead atoms. The van der Waals surface area contributed by atoms with Crippen molar-refractivity contribution in [1.82, 2.24) is 19.7 Å². The van der Waals surface area contributed by atoms with Gasteiger partial charge in [0.25, 0.3) is 5.91 Å². The smallest absolute Gasteiger partial charge is 0.254 e. The van der Waals surface area contributed by atoms with Crippen LogP contribution in [0.2, 0.25) is 0 Å². The Morgan fingerprint density at radius 3 is 2.70 bits per heavy atom. The van der Waals surface area contributed by atoms with Crippen molar-refractivity contribution >= 4 is 5.91 Å². The maximum atomic E-state index is 14.1. The molecule has 3 heterocycles. The summed E-state index contributed by atoms with van der Waals surface area (Å²) in [7, 11) is 0. The lowest BCUT2D eigenvalue weighted by Gasteiger charge is -2.13. The number of hydrogen-bond donors (Lipinski definition) is 0. The van der Waals surface area contributed by atoms with Gasteiger partial charge in [0, 0.05) is 52.3 Å². The van der Waals surface area contributed by atoms with Crippen LogP contribution in [0.3, 0.4) is 0 Å². The lowest BCUT2D eigenvalue weighted by Crippen LogP contribution is -2.25. The molecule has 4 aromatic rings. The number of aromatic nitrogens is 3. The third-order valence-electron chi connectivity index (χ3n) is 6.47. The lowest BCUT2D eigenvalue weighted by molar-refractivity contribution is 0.0766. The molecule has 0 atom stereocenters. The van der Waals surface area contributed by atoms with Gasteiger partial charge in [-0.2, -0.15) is 5.10 Å². The van der Waals surface area contributed by atoms with Gasteiger partial charge >= 0.3 is 0 Å². The normalized spacial score (nSPS) is 15.2. The number of pyridine rings is 1. The van der Waals surface area contributed by atoms with E-state index in [1.165, 1.54) is 6.07 Å². The average Bonchev–Trinajstić information content (AvgIpc) is 3.47. The van der Waals surface area contributed by atoms with E-state index in [0.29, 0.717) is 24.7 Å². The fraction of sp³-hybridized carbons (Fsp3) is 0.222. The molecular formula is C27H23FN4O. The van der Waals surface area contributed by atoms with Crippen LogP contribution in [-0.4, -0.2) is 31.6 Å². The number of carbonyl (C=O) groups excluding carboxylic acids is 1. The van der Waals surface area contributed by atoms with Crippen molar-refractivity contribution in [2.24, 2.45) is 0 Å². The summed E-state index contributed by atoms with van der Waals surface area (Å²) in [6.45, 7) is 3.02. The summed E-state index contributed by atoms with van der Waals surface area (Å²) in [6.07, 6.45) is 5.90. The molecule has 0 saturated heterocycles. The van der Waals surface area contributed by atoms with Crippen LogP contribution in [-0.2, 0) is 13.1 Å². The van der Waals surface area contributed by atoms with E-state index >= 15 is 0 Å².